The number of methoxy groups -OCH3 is 1. The van der Waals surface area contributed by atoms with Crippen molar-refractivity contribution >= 4 is 0 Å². The van der Waals surface area contributed by atoms with Crippen molar-refractivity contribution < 1.29 is 9.47 Å². The van der Waals surface area contributed by atoms with Gasteiger partial charge in [0.2, 0.25) is 0 Å². The number of ether oxygens (including phenoxy) is 2. The van der Waals surface area contributed by atoms with Crippen LogP contribution in [0.5, 0.6) is 5.75 Å². The Hall–Kier alpha value is -1.91. The fourth-order valence-corrected chi connectivity index (χ4v) is 1.97. The van der Waals surface area contributed by atoms with Crippen molar-refractivity contribution in [1.29, 1.82) is 0 Å². The first-order chi connectivity index (χ1) is 9.35. The van der Waals surface area contributed by atoms with Crippen molar-refractivity contribution in [1.82, 2.24) is 4.98 Å². The molecular weight excluding hydrogens is 240 g/mol. The molecule has 100 valence electrons. The van der Waals surface area contributed by atoms with Crippen molar-refractivity contribution in [3.63, 3.8) is 0 Å². The third-order valence-corrected chi connectivity index (χ3v) is 2.95. The summed E-state index contributed by atoms with van der Waals surface area (Å²) in [4.78, 5) is 4.14. The first-order valence-corrected chi connectivity index (χ1v) is 6.17. The molecule has 1 heterocycles. The lowest BCUT2D eigenvalue weighted by molar-refractivity contribution is 0.0511. The Morgan fingerprint density at radius 2 is 1.95 bits per heavy atom. The van der Waals surface area contributed by atoms with Gasteiger partial charge < -0.3 is 15.2 Å². The smallest absolute Gasteiger partial charge is 0.188 e. The molecule has 4 heteroatoms. The average molecular weight is 258 g/mol. The summed E-state index contributed by atoms with van der Waals surface area (Å²) in [6, 6.07) is 11.9. The minimum atomic E-state index is 0.158. The molecule has 0 amide bonds. The van der Waals surface area contributed by atoms with Gasteiger partial charge in [-0.15, -0.1) is 0 Å². The zero-order valence-electron chi connectivity index (χ0n) is 11.0. The van der Waals surface area contributed by atoms with E-state index >= 15 is 0 Å². The maximum absolute atomic E-state index is 5.88. The van der Waals surface area contributed by atoms with Crippen LogP contribution in [0.25, 0.3) is 0 Å². The summed E-state index contributed by atoms with van der Waals surface area (Å²) in [5.74, 6) is 0.942. The van der Waals surface area contributed by atoms with Gasteiger partial charge in [0.1, 0.15) is 5.75 Å². The summed E-state index contributed by atoms with van der Waals surface area (Å²) >= 11 is 0. The average Bonchev–Trinajstić information content (AvgIpc) is 2.48. The molecule has 0 fully saturated rings. The van der Waals surface area contributed by atoms with Gasteiger partial charge in [0.25, 0.3) is 0 Å². The fraction of sp³-hybridized carbons (Fsp3) is 0.267. The molecule has 4 nitrogen and oxygen atoms in total. The van der Waals surface area contributed by atoms with Crippen molar-refractivity contribution in [2.24, 2.45) is 5.73 Å². The van der Waals surface area contributed by atoms with E-state index < -0.39 is 0 Å². The summed E-state index contributed by atoms with van der Waals surface area (Å²) in [6.45, 7) is 0.798. The normalized spacial score (nSPS) is 12.1. The van der Waals surface area contributed by atoms with Gasteiger partial charge in [-0.05, 0) is 29.3 Å². The molecule has 1 aromatic carbocycles. The van der Waals surface area contributed by atoms with Crippen LogP contribution in [0, 0.1) is 0 Å². The lowest BCUT2D eigenvalue weighted by Gasteiger charge is -2.15. The zero-order chi connectivity index (χ0) is 13.5. The van der Waals surface area contributed by atoms with Crippen LogP contribution in [0.15, 0.2) is 48.8 Å². The molecule has 0 aliphatic heterocycles. The summed E-state index contributed by atoms with van der Waals surface area (Å²) in [5, 5.41) is 0. The SMILES string of the molecule is COCOc1ccc(C(CN)c2cccnc2)cc1. The molecule has 1 unspecified atom stereocenters. The summed E-state index contributed by atoms with van der Waals surface area (Å²) in [7, 11) is 1.60. The molecule has 1 aromatic heterocycles. The van der Waals surface area contributed by atoms with E-state index in [0.717, 1.165) is 16.9 Å². The molecule has 0 saturated heterocycles. The fourth-order valence-electron chi connectivity index (χ4n) is 1.97. The number of aromatic nitrogens is 1. The molecule has 0 saturated carbocycles. The van der Waals surface area contributed by atoms with Gasteiger partial charge in [-0.25, -0.2) is 0 Å². The lowest BCUT2D eigenvalue weighted by atomic mass is 9.92. The van der Waals surface area contributed by atoms with E-state index in [1.807, 2.05) is 42.6 Å². The Morgan fingerprint density at radius 3 is 2.53 bits per heavy atom. The minimum absolute atomic E-state index is 0.158. The Bertz CT molecular complexity index is 485. The first kappa shape index (κ1) is 13.5. The van der Waals surface area contributed by atoms with Gasteiger partial charge in [-0.2, -0.15) is 0 Å². The molecule has 19 heavy (non-hydrogen) atoms. The Kier molecular flexibility index (Phi) is 4.89. The van der Waals surface area contributed by atoms with Crippen LogP contribution in [-0.2, 0) is 4.74 Å². The number of hydrogen-bond acceptors (Lipinski definition) is 4. The number of nitrogens with two attached hydrogens (primary N) is 1. The van der Waals surface area contributed by atoms with Crippen LogP contribution in [0.2, 0.25) is 0 Å². The molecule has 0 bridgehead atoms. The van der Waals surface area contributed by atoms with E-state index in [1.54, 1.807) is 13.3 Å². The maximum atomic E-state index is 5.88. The number of nitrogens with zero attached hydrogens (tertiary/aromatic N) is 1. The number of benzene rings is 1. The van der Waals surface area contributed by atoms with Gasteiger partial charge in [-0.1, -0.05) is 18.2 Å². The quantitative estimate of drug-likeness (QED) is 0.807. The van der Waals surface area contributed by atoms with Crippen molar-refractivity contribution in [3.05, 3.63) is 59.9 Å². The lowest BCUT2D eigenvalue weighted by Crippen LogP contribution is -2.14. The van der Waals surface area contributed by atoms with Crippen molar-refractivity contribution in [2.45, 2.75) is 5.92 Å². The highest BCUT2D eigenvalue weighted by atomic mass is 16.7. The second-order valence-corrected chi connectivity index (χ2v) is 4.19. The molecule has 2 rings (SSSR count). The van der Waals surface area contributed by atoms with Crippen molar-refractivity contribution in [3.8, 4) is 5.75 Å². The third kappa shape index (κ3) is 3.53. The third-order valence-electron chi connectivity index (χ3n) is 2.95. The molecule has 0 radical (unpaired) electrons. The molecule has 0 aliphatic rings. The van der Waals surface area contributed by atoms with E-state index in [9.17, 15) is 0 Å². The zero-order valence-corrected chi connectivity index (χ0v) is 11.0. The molecule has 0 aliphatic carbocycles. The van der Waals surface area contributed by atoms with Crippen LogP contribution in [0.4, 0.5) is 0 Å². The van der Waals surface area contributed by atoms with Crippen LogP contribution in [-0.4, -0.2) is 25.4 Å². The molecule has 0 spiro atoms. The minimum Gasteiger partial charge on any atom is -0.468 e. The topological polar surface area (TPSA) is 57.4 Å². The summed E-state index contributed by atoms with van der Waals surface area (Å²) < 4.78 is 10.2. The monoisotopic (exact) mass is 258 g/mol. The van der Waals surface area contributed by atoms with Crippen LogP contribution in [0.1, 0.15) is 17.0 Å². The first-order valence-electron chi connectivity index (χ1n) is 6.17. The Balaban J connectivity index is 2.15. The van der Waals surface area contributed by atoms with E-state index in [4.69, 9.17) is 15.2 Å². The van der Waals surface area contributed by atoms with E-state index in [1.165, 1.54) is 0 Å². The predicted molar refractivity (Wildman–Crippen MR) is 74.1 cm³/mol. The van der Waals surface area contributed by atoms with E-state index in [0.29, 0.717) is 6.54 Å². The molecule has 2 aromatic rings. The number of pyridine rings is 1. The van der Waals surface area contributed by atoms with Crippen LogP contribution in [0.3, 0.4) is 0 Å². The highest BCUT2D eigenvalue weighted by Gasteiger charge is 2.12. The summed E-state index contributed by atoms with van der Waals surface area (Å²) in [6.07, 6.45) is 3.62. The predicted octanol–water partition coefficient (Wildman–Crippen LogP) is 2.15. The van der Waals surface area contributed by atoms with Gasteiger partial charge in [0, 0.05) is 32.0 Å². The number of rotatable bonds is 6. The Labute approximate surface area is 113 Å². The number of hydrogen-bond donors (Lipinski definition) is 1. The van der Waals surface area contributed by atoms with Gasteiger partial charge in [0.15, 0.2) is 6.79 Å². The molecule has 1 atom stereocenters. The van der Waals surface area contributed by atoms with Crippen LogP contribution < -0.4 is 10.5 Å². The highest BCUT2D eigenvalue weighted by molar-refractivity contribution is 5.35. The summed E-state index contributed by atoms with van der Waals surface area (Å²) in [5.41, 5.74) is 8.15. The van der Waals surface area contributed by atoms with Gasteiger partial charge in [-0.3, -0.25) is 4.98 Å². The largest absolute Gasteiger partial charge is 0.468 e. The molecular formula is C15H18N2O2. The van der Waals surface area contributed by atoms with E-state index in [-0.39, 0.29) is 12.7 Å². The van der Waals surface area contributed by atoms with Crippen LogP contribution >= 0.6 is 0 Å². The maximum Gasteiger partial charge on any atom is 0.188 e. The second kappa shape index (κ2) is 6.87. The standard InChI is InChI=1S/C15H18N2O2/c1-18-11-19-14-6-4-12(5-7-14)15(9-16)13-3-2-8-17-10-13/h2-8,10,15H,9,11,16H2,1H3. The highest BCUT2D eigenvalue weighted by Crippen LogP contribution is 2.24. The Morgan fingerprint density at radius 1 is 1.16 bits per heavy atom. The van der Waals surface area contributed by atoms with Gasteiger partial charge >= 0.3 is 0 Å². The second-order valence-electron chi connectivity index (χ2n) is 4.19. The van der Waals surface area contributed by atoms with Gasteiger partial charge in [0.05, 0.1) is 0 Å². The van der Waals surface area contributed by atoms with Crippen molar-refractivity contribution in [2.75, 3.05) is 20.4 Å². The molecule has 2 N–H and O–H groups in total. The van der Waals surface area contributed by atoms with E-state index in [2.05, 4.69) is 4.98 Å².